The van der Waals surface area contributed by atoms with Crippen LogP contribution in [0.3, 0.4) is 0 Å². The van der Waals surface area contributed by atoms with E-state index in [9.17, 15) is 0 Å². The molecule has 0 heterocycles. The molecule has 0 N–H and O–H groups in total. The molecule has 16 heavy (non-hydrogen) atoms. The maximum Gasteiger partial charge on any atom is 0.0203 e. The van der Waals surface area contributed by atoms with Crippen LogP contribution in [0.15, 0.2) is 0 Å². The number of hydrogen-bond donors (Lipinski definition) is 0. The van der Waals surface area contributed by atoms with Crippen molar-refractivity contribution < 1.29 is 0 Å². The first-order chi connectivity index (χ1) is 7.63. The zero-order chi connectivity index (χ0) is 12.4. The number of nitrogens with zero attached hydrogens (tertiary/aromatic N) is 1. The SMILES string of the molecule is CCCCC(CCCC)(CCCC)N(C)C. The normalized spacial score (nSPS) is 12.4. The van der Waals surface area contributed by atoms with Crippen LogP contribution in [-0.2, 0) is 0 Å². The molecule has 0 aromatic heterocycles. The molecule has 0 aliphatic heterocycles. The molecule has 0 saturated heterocycles. The average molecular weight is 227 g/mol. The van der Waals surface area contributed by atoms with Gasteiger partial charge in [0.25, 0.3) is 0 Å². The molecule has 0 spiro atoms. The van der Waals surface area contributed by atoms with Crippen molar-refractivity contribution in [3.05, 3.63) is 0 Å². The highest BCUT2D eigenvalue weighted by Crippen LogP contribution is 2.31. The van der Waals surface area contributed by atoms with Crippen molar-refractivity contribution in [3.8, 4) is 0 Å². The molecule has 0 unspecified atom stereocenters. The van der Waals surface area contributed by atoms with E-state index in [0.29, 0.717) is 5.54 Å². The van der Waals surface area contributed by atoms with E-state index in [4.69, 9.17) is 0 Å². The highest BCUT2D eigenvalue weighted by atomic mass is 15.1. The predicted molar refractivity (Wildman–Crippen MR) is 75.0 cm³/mol. The second-order valence-electron chi connectivity index (χ2n) is 5.43. The molecule has 0 radical (unpaired) electrons. The summed E-state index contributed by atoms with van der Waals surface area (Å²) < 4.78 is 0. The van der Waals surface area contributed by atoms with Gasteiger partial charge in [-0.15, -0.1) is 0 Å². The van der Waals surface area contributed by atoms with Gasteiger partial charge in [-0.1, -0.05) is 59.3 Å². The Balaban J connectivity index is 4.46. The minimum Gasteiger partial charge on any atom is -0.304 e. The summed E-state index contributed by atoms with van der Waals surface area (Å²) in [5.74, 6) is 0. The van der Waals surface area contributed by atoms with Gasteiger partial charge in [0.1, 0.15) is 0 Å². The van der Waals surface area contributed by atoms with Crippen LogP contribution < -0.4 is 0 Å². The van der Waals surface area contributed by atoms with Crippen LogP contribution in [0, 0.1) is 0 Å². The summed E-state index contributed by atoms with van der Waals surface area (Å²) in [5.41, 5.74) is 0.488. The molecule has 0 atom stereocenters. The van der Waals surface area contributed by atoms with E-state index in [1.165, 1.54) is 57.8 Å². The first-order valence-electron chi connectivity index (χ1n) is 7.30. The fourth-order valence-corrected chi connectivity index (χ4v) is 2.56. The van der Waals surface area contributed by atoms with Gasteiger partial charge >= 0.3 is 0 Å². The fraction of sp³-hybridized carbons (Fsp3) is 1.00. The summed E-state index contributed by atoms with van der Waals surface area (Å²) in [6, 6.07) is 0. The lowest BCUT2D eigenvalue weighted by Crippen LogP contribution is -2.44. The van der Waals surface area contributed by atoms with Crippen LogP contribution in [-0.4, -0.2) is 24.5 Å². The quantitative estimate of drug-likeness (QED) is 0.515. The summed E-state index contributed by atoms with van der Waals surface area (Å²) in [6.45, 7) is 6.92. The van der Waals surface area contributed by atoms with Gasteiger partial charge < -0.3 is 4.90 Å². The fourth-order valence-electron chi connectivity index (χ4n) is 2.56. The van der Waals surface area contributed by atoms with Crippen molar-refractivity contribution in [2.24, 2.45) is 0 Å². The molecule has 0 aromatic carbocycles. The second kappa shape index (κ2) is 9.04. The van der Waals surface area contributed by atoms with Gasteiger partial charge in [0.15, 0.2) is 0 Å². The standard InChI is InChI=1S/C15H33N/c1-6-9-12-15(16(4)5,13-10-7-2)14-11-8-3/h6-14H2,1-5H3. The van der Waals surface area contributed by atoms with E-state index < -0.39 is 0 Å². The Hall–Kier alpha value is -0.0400. The summed E-state index contributed by atoms with van der Waals surface area (Å²) in [4.78, 5) is 2.51. The third-order valence-corrected chi connectivity index (χ3v) is 3.94. The Labute approximate surface area is 104 Å². The molecule has 98 valence electrons. The Bertz CT molecular complexity index is 130. The molecule has 0 rings (SSSR count). The maximum atomic E-state index is 2.51. The van der Waals surface area contributed by atoms with Crippen molar-refractivity contribution >= 4 is 0 Å². The Kier molecular flexibility index (Phi) is 9.02. The summed E-state index contributed by atoms with van der Waals surface area (Å²) >= 11 is 0. The first-order valence-corrected chi connectivity index (χ1v) is 7.30. The third kappa shape index (κ3) is 5.34. The molecule has 0 aliphatic carbocycles. The van der Waals surface area contributed by atoms with E-state index in [1.807, 2.05) is 0 Å². The van der Waals surface area contributed by atoms with Gasteiger partial charge in [-0.2, -0.15) is 0 Å². The van der Waals surface area contributed by atoms with Crippen LogP contribution in [0.2, 0.25) is 0 Å². The molecule has 0 amide bonds. The van der Waals surface area contributed by atoms with Gasteiger partial charge in [-0.25, -0.2) is 0 Å². The van der Waals surface area contributed by atoms with Crippen molar-refractivity contribution in [1.82, 2.24) is 4.90 Å². The molecule has 0 fully saturated rings. The van der Waals surface area contributed by atoms with Crippen molar-refractivity contribution in [3.63, 3.8) is 0 Å². The molecular formula is C15H33N. The predicted octanol–water partition coefficient (Wildman–Crippen LogP) is 4.86. The molecule has 0 aromatic rings. The van der Waals surface area contributed by atoms with Crippen LogP contribution in [0.5, 0.6) is 0 Å². The monoisotopic (exact) mass is 227 g/mol. The number of hydrogen-bond acceptors (Lipinski definition) is 1. The Morgan fingerprint density at radius 1 is 0.688 bits per heavy atom. The highest BCUT2D eigenvalue weighted by molar-refractivity contribution is 4.87. The zero-order valence-electron chi connectivity index (χ0n) is 12.3. The lowest BCUT2D eigenvalue weighted by Gasteiger charge is -2.41. The van der Waals surface area contributed by atoms with Crippen molar-refractivity contribution in [2.45, 2.75) is 84.1 Å². The van der Waals surface area contributed by atoms with E-state index in [0.717, 1.165) is 0 Å². The smallest absolute Gasteiger partial charge is 0.0203 e. The van der Waals surface area contributed by atoms with Crippen LogP contribution in [0.25, 0.3) is 0 Å². The first kappa shape index (κ1) is 16.0. The van der Waals surface area contributed by atoms with E-state index >= 15 is 0 Å². The highest BCUT2D eigenvalue weighted by Gasteiger charge is 2.30. The van der Waals surface area contributed by atoms with Gasteiger partial charge in [0, 0.05) is 5.54 Å². The van der Waals surface area contributed by atoms with Gasteiger partial charge in [0.05, 0.1) is 0 Å². The maximum absolute atomic E-state index is 2.51. The lowest BCUT2D eigenvalue weighted by atomic mass is 9.81. The van der Waals surface area contributed by atoms with Gasteiger partial charge in [0.2, 0.25) is 0 Å². The van der Waals surface area contributed by atoms with Gasteiger partial charge in [-0.3, -0.25) is 0 Å². The zero-order valence-corrected chi connectivity index (χ0v) is 12.3. The van der Waals surface area contributed by atoms with Gasteiger partial charge in [-0.05, 0) is 33.4 Å². The topological polar surface area (TPSA) is 3.24 Å². The number of rotatable bonds is 10. The lowest BCUT2D eigenvalue weighted by molar-refractivity contribution is 0.106. The minimum atomic E-state index is 0.488. The third-order valence-electron chi connectivity index (χ3n) is 3.94. The molecule has 0 saturated carbocycles. The molecule has 0 bridgehead atoms. The van der Waals surface area contributed by atoms with Crippen LogP contribution >= 0.6 is 0 Å². The molecule has 0 aliphatic rings. The Morgan fingerprint density at radius 3 is 1.19 bits per heavy atom. The van der Waals surface area contributed by atoms with E-state index in [1.54, 1.807) is 0 Å². The van der Waals surface area contributed by atoms with Crippen molar-refractivity contribution in [2.75, 3.05) is 14.1 Å². The van der Waals surface area contributed by atoms with E-state index in [-0.39, 0.29) is 0 Å². The van der Waals surface area contributed by atoms with Crippen LogP contribution in [0.4, 0.5) is 0 Å². The molecule has 1 nitrogen and oxygen atoms in total. The largest absolute Gasteiger partial charge is 0.304 e. The summed E-state index contributed by atoms with van der Waals surface area (Å²) in [7, 11) is 4.56. The van der Waals surface area contributed by atoms with E-state index in [2.05, 4.69) is 39.8 Å². The Morgan fingerprint density at radius 2 is 1.00 bits per heavy atom. The second-order valence-corrected chi connectivity index (χ2v) is 5.43. The molecular weight excluding hydrogens is 194 g/mol. The molecule has 1 heteroatoms. The van der Waals surface area contributed by atoms with Crippen molar-refractivity contribution in [1.29, 1.82) is 0 Å². The van der Waals surface area contributed by atoms with Crippen LogP contribution in [0.1, 0.15) is 78.6 Å². The number of unbranched alkanes of at least 4 members (excludes halogenated alkanes) is 3. The average Bonchev–Trinajstić information content (AvgIpc) is 2.28. The minimum absolute atomic E-state index is 0.488. The summed E-state index contributed by atoms with van der Waals surface area (Å²) in [5, 5.41) is 0. The summed E-state index contributed by atoms with van der Waals surface area (Å²) in [6.07, 6.45) is 12.3.